The number of nitriles is 1. The van der Waals surface area contributed by atoms with Crippen LogP contribution in [0.4, 0.5) is 11.5 Å². The Bertz CT molecular complexity index is 816. The van der Waals surface area contributed by atoms with Gasteiger partial charge in [-0.2, -0.15) is 5.26 Å². The number of nitrogens with two attached hydrogens (primary N) is 1. The molecule has 0 amide bonds. The fraction of sp³-hybridized carbons (Fsp3) is 0.133. The lowest BCUT2D eigenvalue weighted by Gasteiger charge is -2.18. The minimum Gasteiger partial charge on any atom is -0.383 e. The van der Waals surface area contributed by atoms with Crippen LogP contribution in [-0.4, -0.2) is 17.0 Å². The lowest BCUT2D eigenvalue weighted by molar-refractivity contribution is 0.851. The van der Waals surface area contributed by atoms with Gasteiger partial charge < -0.3 is 10.6 Å². The number of hydrogen-bond acceptors (Lipinski definition) is 6. The third-order valence-corrected chi connectivity index (χ3v) is 4.02. The van der Waals surface area contributed by atoms with Crippen molar-refractivity contribution in [3.05, 3.63) is 47.1 Å². The van der Waals surface area contributed by atoms with E-state index in [1.165, 1.54) is 0 Å². The van der Waals surface area contributed by atoms with Gasteiger partial charge in [-0.1, -0.05) is 0 Å². The van der Waals surface area contributed by atoms with Gasteiger partial charge in [0.1, 0.15) is 10.6 Å². The van der Waals surface area contributed by atoms with E-state index in [1.54, 1.807) is 23.5 Å². The molecule has 0 aliphatic carbocycles. The van der Waals surface area contributed by atoms with Crippen molar-refractivity contribution < 1.29 is 0 Å². The molecule has 0 spiro atoms. The Morgan fingerprint density at radius 3 is 2.71 bits per heavy atom. The van der Waals surface area contributed by atoms with Crippen molar-refractivity contribution >= 4 is 33.1 Å². The van der Waals surface area contributed by atoms with Crippen LogP contribution >= 0.6 is 11.3 Å². The molecule has 0 aliphatic heterocycles. The Morgan fingerprint density at radius 1 is 1.24 bits per heavy atom. The molecule has 104 valence electrons. The molecule has 3 aromatic rings. The molecule has 21 heavy (non-hydrogen) atoms. The molecule has 3 rings (SSSR count). The third-order valence-electron chi connectivity index (χ3n) is 3.22. The molecule has 0 saturated heterocycles. The van der Waals surface area contributed by atoms with Gasteiger partial charge in [0.25, 0.3) is 0 Å². The number of nitrogen functional groups attached to an aromatic ring is 1. The van der Waals surface area contributed by atoms with E-state index in [4.69, 9.17) is 11.0 Å². The second-order valence-electron chi connectivity index (χ2n) is 4.68. The Balaban J connectivity index is 1.85. The number of aromatic nitrogens is 2. The standard InChI is InChI=1S/C15H13N5S/c1-20(11-4-2-10(8-16)3-5-11)9-13-18-14(17)12-6-7-21-15(12)19-13/h2-7H,9H2,1H3,(H2,17,18,19). The Hall–Kier alpha value is -2.65. The maximum absolute atomic E-state index is 8.82. The van der Waals surface area contributed by atoms with E-state index in [0.29, 0.717) is 23.8 Å². The summed E-state index contributed by atoms with van der Waals surface area (Å²) in [5, 5.41) is 11.7. The fourth-order valence-electron chi connectivity index (χ4n) is 2.09. The van der Waals surface area contributed by atoms with Gasteiger partial charge in [0.05, 0.1) is 23.6 Å². The summed E-state index contributed by atoms with van der Waals surface area (Å²) in [5.41, 5.74) is 7.60. The number of rotatable bonds is 3. The first-order valence-corrected chi connectivity index (χ1v) is 7.26. The molecule has 2 aromatic heterocycles. The van der Waals surface area contributed by atoms with Gasteiger partial charge in [-0.25, -0.2) is 9.97 Å². The zero-order chi connectivity index (χ0) is 14.8. The molecular weight excluding hydrogens is 282 g/mol. The molecule has 2 heterocycles. The van der Waals surface area contributed by atoms with Gasteiger partial charge >= 0.3 is 0 Å². The topological polar surface area (TPSA) is 78.8 Å². The van der Waals surface area contributed by atoms with E-state index in [0.717, 1.165) is 15.9 Å². The number of benzene rings is 1. The average molecular weight is 295 g/mol. The molecular formula is C15H13N5S. The van der Waals surface area contributed by atoms with Crippen LogP contribution in [0, 0.1) is 11.3 Å². The number of nitrogens with zero attached hydrogens (tertiary/aromatic N) is 4. The summed E-state index contributed by atoms with van der Waals surface area (Å²) >= 11 is 1.56. The highest BCUT2D eigenvalue weighted by atomic mass is 32.1. The summed E-state index contributed by atoms with van der Waals surface area (Å²) in [5.74, 6) is 1.21. The van der Waals surface area contributed by atoms with Crippen molar-refractivity contribution in [1.82, 2.24) is 9.97 Å². The first-order chi connectivity index (χ1) is 10.2. The van der Waals surface area contributed by atoms with Crippen LogP contribution < -0.4 is 10.6 Å². The summed E-state index contributed by atoms with van der Waals surface area (Å²) in [6, 6.07) is 11.4. The first kappa shape index (κ1) is 13.3. The van der Waals surface area contributed by atoms with E-state index in [1.807, 2.05) is 35.5 Å². The first-order valence-electron chi connectivity index (χ1n) is 6.38. The van der Waals surface area contributed by atoms with Crippen LogP contribution in [0.1, 0.15) is 11.4 Å². The molecule has 0 atom stereocenters. The van der Waals surface area contributed by atoms with Crippen molar-refractivity contribution in [3.8, 4) is 6.07 Å². The summed E-state index contributed by atoms with van der Waals surface area (Å²) in [4.78, 5) is 11.8. The molecule has 0 unspecified atom stereocenters. The zero-order valence-corrected chi connectivity index (χ0v) is 12.3. The van der Waals surface area contributed by atoms with Gasteiger partial charge in [-0.05, 0) is 35.7 Å². The van der Waals surface area contributed by atoms with Gasteiger partial charge in [-0.3, -0.25) is 0 Å². The molecule has 2 N–H and O–H groups in total. The predicted molar refractivity (Wildman–Crippen MR) is 85.1 cm³/mol. The van der Waals surface area contributed by atoms with E-state index in [-0.39, 0.29) is 0 Å². The molecule has 6 heteroatoms. The van der Waals surface area contributed by atoms with Gasteiger partial charge in [0, 0.05) is 12.7 Å². The largest absolute Gasteiger partial charge is 0.383 e. The quantitative estimate of drug-likeness (QED) is 0.803. The SMILES string of the molecule is CN(Cc1nc(N)c2ccsc2n1)c1ccc(C#N)cc1. The minimum absolute atomic E-state index is 0.518. The van der Waals surface area contributed by atoms with Gasteiger partial charge in [0.15, 0.2) is 5.82 Å². The summed E-state index contributed by atoms with van der Waals surface area (Å²) in [6.07, 6.45) is 0. The van der Waals surface area contributed by atoms with Crippen LogP contribution in [0.15, 0.2) is 35.7 Å². The number of hydrogen-bond donors (Lipinski definition) is 1. The van der Waals surface area contributed by atoms with Crippen LogP contribution in [0.5, 0.6) is 0 Å². The smallest absolute Gasteiger partial charge is 0.151 e. The maximum atomic E-state index is 8.82. The van der Waals surface area contributed by atoms with E-state index >= 15 is 0 Å². The highest BCUT2D eigenvalue weighted by molar-refractivity contribution is 7.16. The van der Waals surface area contributed by atoms with Crippen LogP contribution in [0.3, 0.4) is 0 Å². The van der Waals surface area contributed by atoms with Crippen LogP contribution in [-0.2, 0) is 6.54 Å². The van der Waals surface area contributed by atoms with Crippen molar-refractivity contribution in [2.45, 2.75) is 6.54 Å². The van der Waals surface area contributed by atoms with Crippen molar-refractivity contribution in [2.24, 2.45) is 0 Å². The highest BCUT2D eigenvalue weighted by Crippen LogP contribution is 2.23. The highest BCUT2D eigenvalue weighted by Gasteiger charge is 2.09. The maximum Gasteiger partial charge on any atom is 0.151 e. The molecule has 5 nitrogen and oxygen atoms in total. The summed E-state index contributed by atoms with van der Waals surface area (Å²) in [6.45, 7) is 0.559. The third kappa shape index (κ3) is 2.64. The summed E-state index contributed by atoms with van der Waals surface area (Å²) in [7, 11) is 1.96. The van der Waals surface area contributed by atoms with E-state index in [2.05, 4.69) is 16.0 Å². The molecule has 0 aliphatic rings. The molecule has 0 saturated carbocycles. The van der Waals surface area contributed by atoms with Crippen molar-refractivity contribution in [2.75, 3.05) is 17.7 Å². The van der Waals surface area contributed by atoms with E-state index < -0.39 is 0 Å². The van der Waals surface area contributed by atoms with Crippen molar-refractivity contribution in [3.63, 3.8) is 0 Å². The molecule has 0 bridgehead atoms. The van der Waals surface area contributed by atoms with Crippen LogP contribution in [0.25, 0.3) is 10.2 Å². The Kier molecular flexibility index (Phi) is 3.42. The van der Waals surface area contributed by atoms with Gasteiger partial charge in [-0.15, -0.1) is 11.3 Å². The molecule has 0 radical (unpaired) electrons. The Labute approximate surface area is 126 Å². The summed E-state index contributed by atoms with van der Waals surface area (Å²) < 4.78 is 0. The zero-order valence-electron chi connectivity index (χ0n) is 11.4. The van der Waals surface area contributed by atoms with Gasteiger partial charge in [0.2, 0.25) is 0 Å². The van der Waals surface area contributed by atoms with Crippen LogP contribution in [0.2, 0.25) is 0 Å². The minimum atomic E-state index is 0.518. The second kappa shape index (κ2) is 5.38. The van der Waals surface area contributed by atoms with E-state index in [9.17, 15) is 0 Å². The Morgan fingerprint density at radius 2 is 2.00 bits per heavy atom. The van der Waals surface area contributed by atoms with Crippen molar-refractivity contribution in [1.29, 1.82) is 5.26 Å². The number of anilines is 2. The normalized spacial score (nSPS) is 10.5. The average Bonchev–Trinajstić information content (AvgIpc) is 2.96. The number of thiophene rings is 1. The lowest BCUT2D eigenvalue weighted by Crippen LogP contribution is -2.18. The monoisotopic (exact) mass is 295 g/mol. The molecule has 1 aromatic carbocycles. The second-order valence-corrected chi connectivity index (χ2v) is 5.57. The molecule has 0 fully saturated rings. The fourth-order valence-corrected chi connectivity index (χ4v) is 2.88. The number of fused-ring (bicyclic) bond motifs is 1. The predicted octanol–water partition coefficient (Wildman–Crippen LogP) is 2.78. The lowest BCUT2D eigenvalue weighted by atomic mass is 10.2.